The zero-order chi connectivity index (χ0) is 16.4. The van der Waals surface area contributed by atoms with Gasteiger partial charge in [0.25, 0.3) is 0 Å². The molecule has 1 atom stereocenters. The van der Waals surface area contributed by atoms with Crippen LogP contribution in [0.3, 0.4) is 0 Å². The quantitative estimate of drug-likeness (QED) is 0.737. The summed E-state index contributed by atoms with van der Waals surface area (Å²) >= 11 is 0. The molecule has 0 fully saturated rings. The average Bonchev–Trinajstić information content (AvgIpc) is 2.11. The zero-order valence-electron chi connectivity index (χ0n) is 13.9. The Kier molecular flexibility index (Phi) is 6.42. The van der Waals surface area contributed by atoms with Gasteiger partial charge in [0, 0.05) is 6.04 Å². The van der Waals surface area contributed by atoms with Crippen LogP contribution in [0.5, 0.6) is 0 Å². The summed E-state index contributed by atoms with van der Waals surface area (Å²) in [6.07, 6.45) is 0. The minimum atomic E-state index is -4.03. The number of hydrogen-bond donors (Lipinski definition) is 2. The number of nitrogens with zero attached hydrogens (tertiary/aromatic N) is 1. The van der Waals surface area contributed by atoms with Crippen molar-refractivity contribution in [2.24, 2.45) is 5.41 Å². The highest BCUT2D eigenvalue weighted by Gasteiger charge is 2.42. The molecule has 0 bridgehead atoms. The first kappa shape index (κ1) is 19.6. The Hall–Kier alpha value is -0.420. The summed E-state index contributed by atoms with van der Waals surface area (Å²) in [7, 11) is -2.62. The van der Waals surface area contributed by atoms with E-state index in [1.807, 2.05) is 34.6 Å². The second-order valence-electron chi connectivity index (χ2n) is 6.88. The van der Waals surface area contributed by atoms with Gasteiger partial charge in [0.15, 0.2) is 0 Å². The average molecular weight is 308 g/mol. The zero-order valence-corrected chi connectivity index (χ0v) is 14.7. The van der Waals surface area contributed by atoms with Crippen LogP contribution < -0.4 is 5.32 Å². The lowest BCUT2D eigenvalue weighted by molar-refractivity contribution is -0.122. The van der Waals surface area contributed by atoms with E-state index in [-0.39, 0.29) is 23.9 Å². The van der Waals surface area contributed by atoms with Crippen molar-refractivity contribution in [2.75, 3.05) is 13.6 Å². The molecule has 0 spiro atoms. The Balaban J connectivity index is 4.81. The fourth-order valence-electron chi connectivity index (χ4n) is 1.17. The highest BCUT2D eigenvalue weighted by atomic mass is 31.2. The lowest BCUT2D eigenvalue weighted by Gasteiger charge is -2.40. The standard InChI is InChI=1S/C13H29N2O4P/c1-10(2)14-11(16)9-15(8)20(17,18)19-13(6,7)12(3,4)5/h10H,9H2,1-8H3,(H,14,16)(H,17,18). The number of likely N-dealkylation sites (N-methyl/N-ethyl adjacent to an activating group) is 1. The number of carbonyl (C=O) groups excluding carboxylic acids is 1. The fraction of sp³-hybridized carbons (Fsp3) is 0.923. The molecular formula is C13H29N2O4P. The van der Waals surface area contributed by atoms with E-state index >= 15 is 0 Å². The molecule has 1 unspecified atom stereocenters. The number of hydrogen-bond acceptors (Lipinski definition) is 3. The maximum Gasteiger partial charge on any atom is 0.406 e. The smallest absolute Gasteiger partial charge is 0.353 e. The Morgan fingerprint density at radius 1 is 1.30 bits per heavy atom. The minimum absolute atomic E-state index is 0.0130. The highest BCUT2D eigenvalue weighted by Crippen LogP contribution is 2.52. The maximum absolute atomic E-state index is 12.3. The second-order valence-corrected chi connectivity index (χ2v) is 8.73. The van der Waals surface area contributed by atoms with E-state index in [0.29, 0.717) is 0 Å². The van der Waals surface area contributed by atoms with Crippen molar-refractivity contribution in [1.82, 2.24) is 9.99 Å². The Labute approximate surface area is 122 Å². The lowest BCUT2D eigenvalue weighted by atomic mass is 9.79. The summed E-state index contributed by atoms with van der Waals surface area (Å²) in [5, 5.41) is 2.67. The van der Waals surface area contributed by atoms with Gasteiger partial charge in [-0.05, 0) is 40.2 Å². The third-order valence-corrected chi connectivity index (χ3v) is 5.11. The lowest BCUT2D eigenvalue weighted by Crippen LogP contribution is -2.42. The number of rotatable bonds is 6. The van der Waals surface area contributed by atoms with E-state index in [9.17, 15) is 14.3 Å². The first-order valence-corrected chi connectivity index (χ1v) is 8.26. The van der Waals surface area contributed by atoms with Gasteiger partial charge in [0.1, 0.15) is 0 Å². The second kappa shape index (κ2) is 6.56. The van der Waals surface area contributed by atoms with Crippen molar-refractivity contribution >= 4 is 13.7 Å². The number of carbonyl (C=O) groups is 1. The van der Waals surface area contributed by atoms with Gasteiger partial charge in [-0.1, -0.05) is 20.8 Å². The molecule has 0 saturated carbocycles. The van der Waals surface area contributed by atoms with Crippen LogP contribution in [0.25, 0.3) is 0 Å². The van der Waals surface area contributed by atoms with Crippen LogP contribution in [-0.4, -0.2) is 40.7 Å². The molecule has 0 aliphatic carbocycles. The summed E-state index contributed by atoms with van der Waals surface area (Å²) < 4.78 is 18.7. The van der Waals surface area contributed by atoms with Gasteiger partial charge >= 0.3 is 7.75 Å². The SMILES string of the molecule is CC(C)NC(=O)CN(C)P(=O)(O)OC(C)(C)C(C)(C)C. The molecule has 0 heterocycles. The summed E-state index contributed by atoms with van der Waals surface area (Å²) in [6, 6.07) is -0.0130. The molecule has 0 aliphatic heterocycles. The first-order valence-electron chi connectivity index (χ1n) is 6.73. The van der Waals surface area contributed by atoms with Gasteiger partial charge in [-0.15, -0.1) is 0 Å². The molecule has 0 saturated heterocycles. The van der Waals surface area contributed by atoms with Crippen LogP contribution >= 0.6 is 7.75 Å². The topological polar surface area (TPSA) is 78.9 Å². The summed E-state index contributed by atoms with van der Waals surface area (Å²) in [4.78, 5) is 21.7. The van der Waals surface area contributed by atoms with Crippen LogP contribution in [0, 0.1) is 5.41 Å². The van der Waals surface area contributed by atoms with Crippen LogP contribution in [0.1, 0.15) is 48.5 Å². The Morgan fingerprint density at radius 3 is 2.10 bits per heavy atom. The summed E-state index contributed by atoms with van der Waals surface area (Å²) in [5.41, 5.74) is -1.12. The Morgan fingerprint density at radius 2 is 1.75 bits per heavy atom. The summed E-state index contributed by atoms with van der Waals surface area (Å²) in [6.45, 7) is 12.8. The van der Waals surface area contributed by atoms with Crippen LogP contribution in [0.15, 0.2) is 0 Å². The molecule has 20 heavy (non-hydrogen) atoms. The van der Waals surface area contributed by atoms with Gasteiger partial charge < -0.3 is 10.2 Å². The van der Waals surface area contributed by atoms with Crippen LogP contribution in [-0.2, 0) is 13.9 Å². The third kappa shape index (κ3) is 5.92. The fourth-order valence-corrected chi connectivity index (χ4v) is 2.48. The van der Waals surface area contributed by atoms with Crippen LogP contribution in [0.4, 0.5) is 0 Å². The number of nitrogens with one attached hydrogen (secondary N) is 1. The summed E-state index contributed by atoms with van der Waals surface area (Å²) in [5.74, 6) is -0.311. The molecular weight excluding hydrogens is 279 g/mol. The minimum Gasteiger partial charge on any atom is -0.353 e. The van der Waals surface area contributed by atoms with Gasteiger partial charge in [0.2, 0.25) is 5.91 Å². The van der Waals surface area contributed by atoms with Gasteiger partial charge in [-0.2, -0.15) is 0 Å². The molecule has 120 valence electrons. The highest BCUT2D eigenvalue weighted by molar-refractivity contribution is 7.50. The monoisotopic (exact) mass is 308 g/mol. The molecule has 0 aromatic rings. The van der Waals surface area contributed by atoms with E-state index < -0.39 is 13.3 Å². The Bertz CT molecular complexity index is 388. The normalized spacial score (nSPS) is 16.4. The molecule has 0 aromatic carbocycles. The molecule has 1 amide bonds. The van der Waals surface area contributed by atoms with E-state index in [0.717, 1.165) is 4.67 Å². The number of amides is 1. The van der Waals surface area contributed by atoms with Gasteiger partial charge in [0.05, 0.1) is 12.1 Å². The van der Waals surface area contributed by atoms with Crippen molar-refractivity contribution in [3.05, 3.63) is 0 Å². The van der Waals surface area contributed by atoms with Crippen molar-refractivity contribution < 1.29 is 18.8 Å². The predicted molar refractivity (Wildman–Crippen MR) is 80.4 cm³/mol. The predicted octanol–water partition coefficient (Wildman–Crippen LogP) is 2.38. The van der Waals surface area contributed by atoms with Gasteiger partial charge in [-0.25, -0.2) is 9.24 Å². The van der Waals surface area contributed by atoms with Crippen molar-refractivity contribution in [2.45, 2.75) is 60.1 Å². The van der Waals surface area contributed by atoms with Crippen molar-refractivity contribution in [1.29, 1.82) is 0 Å². The van der Waals surface area contributed by atoms with Gasteiger partial charge in [-0.3, -0.25) is 9.32 Å². The molecule has 0 aromatic heterocycles. The van der Waals surface area contributed by atoms with Crippen molar-refractivity contribution in [3.8, 4) is 0 Å². The first-order chi connectivity index (χ1) is 8.69. The third-order valence-electron chi connectivity index (χ3n) is 3.41. The molecule has 0 radical (unpaired) electrons. The van der Waals surface area contributed by atoms with Crippen LogP contribution in [0.2, 0.25) is 0 Å². The van der Waals surface area contributed by atoms with E-state index in [1.54, 1.807) is 13.8 Å². The molecule has 6 nitrogen and oxygen atoms in total. The van der Waals surface area contributed by atoms with E-state index in [4.69, 9.17) is 4.52 Å². The molecule has 7 heteroatoms. The van der Waals surface area contributed by atoms with Crippen molar-refractivity contribution in [3.63, 3.8) is 0 Å². The van der Waals surface area contributed by atoms with E-state index in [2.05, 4.69) is 5.32 Å². The molecule has 2 N–H and O–H groups in total. The molecule has 0 rings (SSSR count). The largest absolute Gasteiger partial charge is 0.406 e. The van der Waals surface area contributed by atoms with E-state index in [1.165, 1.54) is 7.05 Å². The maximum atomic E-state index is 12.3. The molecule has 0 aliphatic rings.